The van der Waals surface area contributed by atoms with E-state index in [9.17, 15) is 0 Å². The molecule has 0 aliphatic heterocycles. The second-order valence-electron chi connectivity index (χ2n) is 3.93. The molecule has 1 unspecified atom stereocenters. The predicted octanol–water partition coefficient (Wildman–Crippen LogP) is 3.31. The molecule has 1 rings (SSSR count). The Bertz CT molecular complexity index is 286. The molecular weight excluding hydrogens is 243 g/mol. The van der Waals surface area contributed by atoms with E-state index in [-0.39, 0.29) is 30.9 Å². The number of rotatable bonds is 4. The molecule has 1 aromatic rings. The van der Waals surface area contributed by atoms with Crippen LogP contribution in [-0.4, -0.2) is 11.0 Å². The van der Waals surface area contributed by atoms with Crippen molar-refractivity contribution in [3.63, 3.8) is 0 Å². The third-order valence-electron chi connectivity index (χ3n) is 1.99. The van der Waals surface area contributed by atoms with Crippen LogP contribution in [0.3, 0.4) is 0 Å². The number of halogens is 2. The summed E-state index contributed by atoms with van der Waals surface area (Å²) in [5, 5.41) is 0. The molecule has 0 radical (unpaired) electrons. The number of nitrogens with two attached hydrogens (primary N) is 1. The number of pyridine rings is 1. The van der Waals surface area contributed by atoms with Crippen LogP contribution in [0, 0.1) is 5.92 Å². The maximum atomic E-state index is 5.92. The summed E-state index contributed by atoms with van der Waals surface area (Å²) in [6.45, 7) is 4.36. The molecule has 0 spiro atoms. The molecule has 4 heteroatoms. The van der Waals surface area contributed by atoms with E-state index in [0.717, 1.165) is 12.0 Å². The van der Waals surface area contributed by atoms with Gasteiger partial charge in [-0.2, -0.15) is 0 Å². The first-order chi connectivity index (χ1) is 6.68. The van der Waals surface area contributed by atoms with Gasteiger partial charge in [-0.3, -0.25) is 4.98 Å². The highest BCUT2D eigenvalue weighted by atomic mass is 35.5. The molecule has 2 nitrogen and oxygen atoms in total. The van der Waals surface area contributed by atoms with Crippen LogP contribution in [0.4, 0.5) is 0 Å². The van der Waals surface area contributed by atoms with Crippen molar-refractivity contribution in [2.45, 2.75) is 26.3 Å². The topological polar surface area (TPSA) is 38.9 Å². The smallest absolute Gasteiger partial charge is 0.0273 e. The number of nitrogens with zero attached hydrogens (tertiary/aromatic N) is 1. The van der Waals surface area contributed by atoms with Crippen LogP contribution in [0.2, 0.25) is 0 Å². The maximum Gasteiger partial charge on any atom is 0.0273 e. The molecule has 1 atom stereocenters. The van der Waals surface area contributed by atoms with Crippen LogP contribution >= 0.6 is 24.8 Å². The first-order valence-electron chi connectivity index (χ1n) is 5.02. The van der Waals surface area contributed by atoms with E-state index in [1.54, 1.807) is 12.4 Å². The normalized spacial score (nSPS) is 12.0. The summed E-state index contributed by atoms with van der Waals surface area (Å²) >= 11 is 0. The third kappa shape index (κ3) is 7.69. The van der Waals surface area contributed by atoms with Gasteiger partial charge in [0.25, 0.3) is 0 Å². The van der Waals surface area contributed by atoms with Gasteiger partial charge in [0.1, 0.15) is 0 Å². The van der Waals surface area contributed by atoms with E-state index >= 15 is 0 Å². The van der Waals surface area contributed by atoms with E-state index < -0.39 is 0 Å². The second-order valence-corrected chi connectivity index (χ2v) is 3.93. The summed E-state index contributed by atoms with van der Waals surface area (Å²) in [5.74, 6) is 0.645. The van der Waals surface area contributed by atoms with Gasteiger partial charge < -0.3 is 5.73 Å². The predicted molar refractivity (Wildman–Crippen MR) is 75.2 cm³/mol. The van der Waals surface area contributed by atoms with Crippen LogP contribution < -0.4 is 5.73 Å². The minimum Gasteiger partial charge on any atom is -0.324 e. The van der Waals surface area contributed by atoms with Gasteiger partial charge in [0.05, 0.1) is 0 Å². The Morgan fingerprint density at radius 3 is 2.31 bits per heavy atom. The molecule has 2 N–H and O–H groups in total. The van der Waals surface area contributed by atoms with Gasteiger partial charge in [-0.15, -0.1) is 24.8 Å². The Labute approximate surface area is 110 Å². The van der Waals surface area contributed by atoms with Gasteiger partial charge >= 0.3 is 0 Å². The second kappa shape index (κ2) is 9.64. The van der Waals surface area contributed by atoms with Gasteiger partial charge in [0.2, 0.25) is 0 Å². The Kier molecular flexibility index (Phi) is 10.7. The Hall–Kier alpha value is -0.570. The van der Waals surface area contributed by atoms with Crippen LogP contribution in [-0.2, 0) is 0 Å². The third-order valence-corrected chi connectivity index (χ3v) is 1.99. The van der Waals surface area contributed by atoms with Crippen molar-refractivity contribution >= 4 is 30.9 Å². The average Bonchev–Trinajstić information content (AvgIpc) is 2.15. The Morgan fingerprint density at radius 2 is 1.81 bits per heavy atom. The quantitative estimate of drug-likeness (QED) is 0.905. The first-order valence-corrected chi connectivity index (χ1v) is 5.02. The van der Waals surface area contributed by atoms with Crippen molar-refractivity contribution in [3.05, 3.63) is 36.2 Å². The van der Waals surface area contributed by atoms with E-state index in [1.807, 2.05) is 12.1 Å². The molecule has 0 saturated carbocycles. The molecule has 0 aliphatic rings. The monoisotopic (exact) mass is 262 g/mol. The van der Waals surface area contributed by atoms with Crippen LogP contribution in [0.1, 0.15) is 25.8 Å². The molecule has 1 aromatic heterocycles. The average molecular weight is 263 g/mol. The molecular formula is C12H20Cl2N2. The zero-order valence-corrected chi connectivity index (χ0v) is 11.3. The lowest BCUT2D eigenvalue weighted by molar-refractivity contribution is 0.547. The standard InChI is InChI=1S/C12H18N2.2ClH/c1-10(2)9-12(13)4-3-11-5-7-14-8-6-11;;/h3-8,10,12H,9,13H2,1-2H3;2*1H. The van der Waals surface area contributed by atoms with Crippen molar-refractivity contribution in [2.24, 2.45) is 11.7 Å². The summed E-state index contributed by atoms with van der Waals surface area (Å²) in [5.41, 5.74) is 7.07. The summed E-state index contributed by atoms with van der Waals surface area (Å²) < 4.78 is 0. The lowest BCUT2D eigenvalue weighted by Crippen LogP contribution is -2.18. The maximum absolute atomic E-state index is 5.92. The van der Waals surface area contributed by atoms with E-state index in [1.165, 1.54) is 0 Å². The van der Waals surface area contributed by atoms with Crippen LogP contribution in [0.15, 0.2) is 30.6 Å². The molecule has 0 saturated heterocycles. The van der Waals surface area contributed by atoms with E-state index in [4.69, 9.17) is 5.73 Å². The lowest BCUT2D eigenvalue weighted by Gasteiger charge is -2.08. The highest BCUT2D eigenvalue weighted by Crippen LogP contribution is 2.06. The number of hydrogen-bond donors (Lipinski definition) is 1. The highest BCUT2D eigenvalue weighted by molar-refractivity contribution is 5.85. The molecule has 0 bridgehead atoms. The fourth-order valence-corrected chi connectivity index (χ4v) is 1.33. The summed E-state index contributed by atoms with van der Waals surface area (Å²) in [6.07, 6.45) is 8.70. The van der Waals surface area contributed by atoms with E-state index in [2.05, 4.69) is 31.0 Å². The van der Waals surface area contributed by atoms with Gasteiger partial charge in [-0.1, -0.05) is 26.0 Å². The molecule has 0 aromatic carbocycles. The van der Waals surface area contributed by atoms with E-state index in [0.29, 0.717) is 5.92 Å². The first kappa shape index (κ1) is 17.8. The van der Waals surface area contributed by atoms with Gasteiger partial charge in [0, 0.05) is 18.4 Å². The van der Waals surface area contributed by atoms with Gasteiger partial charge in [0.15, 0.2) is 0 Å². The highest BCUT2D eigenvalue weighted by Gasteiger charge is 2.00. The Morgan fingerprint density at radius 1 is 1.25 bits per heavy atom. The van der Waals surface area contributed by atoms with Crippen LogP contribution in [0.25, 0.3) is 6.08 Å². The largest absolute Gasteiger partial charge is 0.324 e. The molecule has 1 heterocycles. The molecule has 16 heavy (non-hydrogen) atoms. The summed E-state index contributed by atoms with van der Waals surface area (Å²) in [7, 11) is 0. The number of aromatic nitrogens is 1. The molecule has 92 valence electrons. The van der Waals surface area contributed by atoms with Crippen molar-refractivity contribution in [3.8, 4) is 0 Å². The van der Waals surface area contributed by atoms with Gasteiger partial charge in [-0.05, 0) is 30.0 Å². The lowest BCUT2D eigenvalue weighted by atomic mass is 10.0. The number of hydrogen-bond acceptors (Lipinski definition) is 2. The fraction of sp³-hybridized carbons (Fsp3) is 0.417. The molecule has 0 amide bonds. The molecule has 0 fully saturated rings. The fourth-order valence-electron chi connectivity index (χ4n) is 1.33. The minimum absolute atomic E-state index is 0. The zero-order valence-electron chi connectivity index (χ0n) is 9.67. The summed E-state index contributed by atoms with van der Waals surface area (Å²) in [6, 6.07) is 4.10. The van der Waals surface area contributed by atoms with Gasteiger partial charge in [-0.25, -0.2) is 0 Å². The molecule has 0 aliphatic carbocycles. The van der Waals surface area contributed by atoms with Crippen molar-refractivity contribution in [1.29, 1.82) is 0 Å². The minimum atomic E-state index is 0. The van der Waals surface area contributed by atoms with Crippen molar-refractivity contribution in [2.75, 3.05) is 0 Å². The Balaban J connectivity index is 0. The summed E-state index contributed by atoms with van der Waals surface area (Å²) in [4.78, 5) is 3.96. The van der Waals surface area contributed by atoms with Crippen molar-refractivity contribution < 1.29 is 0 Å². The van der Waals surface area contributed by atoms with Crippen molar-refractivity contribution in [1.82, 2.24) is 4.98 Å². The zero-order chi connectivity index (χ0) is 10.4. The van der Waals surface area contributed by atoms with Crippen LogP contribution in [0.5, 0.6) is 0 Å². The SMILES string of the molecule is CC(C)CC(N)C=Cc1ccncc1.Cl.Cl.